The summed E-state index contributed by atoms with van der Waals surface area (Å²) in [5.74, 6) is 0.610. The molecule has 0 radical (unpaired) electrons. The standard InChI is InChI=1S/C15H23N3O3/c1-2-3-4-5-6-15(19)17-12-7-9-13(10-8-12)21-11-14(16)18-20/h7-10,20H,2-6,11H2,1H3,(H2,16,18)(H,17,19). The van der Waals surface area contributed by atoms with Crippen LogP contribution < -0.4 is 15.8 Å². The highest BCUT2D eigenvalue weighted by Crippen LogP contribution is 2.16. The molecular weight excluding hydrogens is 270 g/mol. The van der Waals surface area contributed by atoms with Gasteiger partial charge in [0.15, 0.2) is 5.84 Å². The molecule has 6 nitrogen and oxygen atoms in total. The predicted molar refractivity (Wildman–Crippen MR) is 82.7 cm³/mol. The van der Waals surface area contributed by atoms with Gasteiger partial charge < -0.3 is 21.0 Å². The molecule has 4 N–H and O–H groups in total. The van der Waals surface area contributed by atoms with Gasteiger partial charge in [-0.1, -0.05) is 31.3 Å². The first-order chi connectivity index (χ1) is 10.2. The third-order valence-corrected chi connectivity index (χ3v) is 2.91. The number of nitrogens with one attached hydrogen (secondary N) is 1. The summed E-state index contributed by atoms with van der Waals surface area (Å²) in [6, 6.07) is 6.95. The van der Waals surface area contributed by atoms with E-state index in [-0.39, 0.29) is 18.3 Å². The molecule has 1 aromatic carbocycles. The highest BCUT2D eigenvalue weighted by molar-refractivity contribution is 5.90. The first-order valence-corrected chi connectivity index (χ1v) is 7.14. The number of hydrogen-bond donors (Lipinski definition) is 3. The number of nitrogens with two attached hydrogens (primary N) is 1. The zero-order valence-corrected chi connectivity index (χ0v) is 12.3. The second-order valence-electron chi connectivity index (χ2n) is 4.76. The maximum Gasteiger partial charge on any atom is 0.224 e. The number of unbranched alkanes of at least 4 members (excludes halogenated alkanes) is 3. The number of amidine groups is 1. The Morgan fingerprint density at radius 3 is 2.62 bits per heavy atom. The lowest BCUT2D eigenvalue weighted by Gasteiger charge is -2.08. The number of anilines is 1. The van der Waals surface area contributed by atoms with Gasteiger partial charge in [0.25, 0.3) is 0 Å². The van der Waals surface area contributed by atoms with Gasteiger partial charge in [-0.15, -0.1) is 0 Å². The van der Waals surface area contributed by atoms with Crippen molar-refractivity contribution < 1.29 is 14.7 Å². The molecule has 0 spiro atoms. The van der Waals surface area contributed by atoms with E-state index in [4.69, 9.17) is 15.7 Å². The monoisotopic (exact) mass is 293 g/mol. The third kappa shape index (κ3) is 7.20. The van der Waals surface area contributed by atoms with E-state index in [9.17, 15) is 4.79 Å². The second kappa shape index (κ2) is 9.63. The average molecular weight is 293 g/mol. The van der Waals surface area contributed by atoms with Gasteiger partial charge in [0, 0.05) is 12.1 Å². The fourth-order valence-corrected chi connectivity index (χ4v) is 1.76. The molecule has 0 fully saturated rings. The van der Waals surface area contributed by atoms with Crippen molar-refractivity contribution in [2.75, 3.05) is 11.9 Å². The SMILES string of the molecule is CCCCCCC(=O)Nc1ccc(OC/C(N)=N/O)cc1. The molecule has 6 heteroatoms. The third-order valence-electron chi connectivity index (χ3n) is 2.91. The van der Waals surface area contributed by atoms with E-state index in [1.807, 2.05) is 0 Å². The highest BCUT2D eigenvalue weighted by atomic mass is 16.5. The molecule has 1 rings (SSSR count). The molecule has 0 unspecified atom stereocenters. The molecule has 0 aromatic heterocycles. The van der Waals surface area contributed by atoms with Crippen LogP contribution in [0.1, 0.15) is 39.0 Å². The molecular formula is C15H23N3O3. The molecule has 116 valence electrons. The minimum atomic E-state index is -0.000501. The number of carbonyl (C=O) groups is 1. The summed E-state index contributed by atoms with van der Waals surface area (Å²) in [4.78, 5) is 11.7. The van der Waals surface area contributed by atoms with Crippen molar-refractivity contribution in [3.63, 3.8) is 0 Å². The number of nitrogens with zero attached hydrogens (tertiary/aromatic N) is 1. The predicted octanol–water partition coefficient (Wildman–Crippen LogP) is 2.72. The van der Waals surface area contributed by atoms with Gasteiger partial charge in [-0.05, 0) is 30.7 Å². The fourth-order valence-electron chi connectivity index (χ4n) is 1.76. The lowest BCUT2D eigenvalue weighted by atomic mass is 10.1. The summed E-state index contributed by atoms with van der Waals surface area (Å²) >= 11 is 0. The van der Waals surface area contributed by atoms with Gasteiger partial charge in [0.1, 0.15) is 12.4 Å². The summed E-state index contributed by atoms with van der Waals surface area (Å²) in [5, 5.41) is 14.0. The molecule has 0 atom stereocenters. The average Bonchev–Trinajstić information content (AvgIpc) is 2.50. The molecule has 1 amide bonds. The van der Waals surface area contributed by atoms with Crippen LogP contribution in [-0.2, 0) is 4.79 Å². The minimum Gasteiger partial charge on any atom is -0.486 e. The van der Waals surface area contributed by atoms with Crippen LogP contribution in [0.25, 0.3) is 0 Å². The van der Waals surface area contributed by atoms with Crippen molar-refractivity contribution in [2.24, 2.45) is 10.9 Å². The number of oxime groups is 1. The summed E-state index contributed by atoms with van der Waals surface area (Å²) in [6.45, 7) is 2.16. The molecule has 0 aliphatic heterocycles. The van der Waals surface area contributed by atoms with E-state index in [0.717, 1.165) is 24.9 Å². The van der Waals surface area contributed by atoms with E-state index < -0.39 is 0 Å². The number of ether oxygens (including phenoxy) is 1. The summed E-state index contributed by atoms with van der Waals surface area (Å²) in [7, 11) is 0. The molecule has 1 aromatic rings. The lowest BCUT2D eigenvalue weighted by molar-refractivity contribution is -0.116. The quantitative estimate of drug-likeness (QED) is 0.214. The Bertz CT molecular complexity index is 458. The van der Waals surface area contributed by atoms with Crippen LogP contribution in [0.3, 0.4) is 0 Å². The van der Waals surface area contributed by atoms with Crippen LogP contribution in [-0.4, -0.2) is 23.6 Å². The first-order valence-electron chi connectivity index (χ1n) is 7.14. The largest absolute Gasteiger partial charge is 0.486 e. The van der Waals surface area contributed by atoms with Gasteiger partial charge in [-0.25, -0.2) is 0 Å². The van der Waals surface area contributed by atoms with Gasteiger partial charge in [0.2, 0.25) is 5.91 Å². The maximum atomic E-state index is 11.7. The van der Waals surface area contributed by atoms with Crippen molar-refractivity contribution in [2.45, 2.75) is 39.0 Å². The zero-order chi connectivity index (χ0) is 15.5. The summed E-state index contributed by atoms with van der Waals surface area (Å²) < 4.78 is 5.28. The Kier molecular flexibility index (Phi) is 7.71. The van der Waals surface area contributed by atoms with Crippen molar-refractivity contribution in [1.29, 1.82) is 0 Å². The summed E-state index contributed by atoms with van der Waals surface area (Å²) in [5.41, 5.74) is 6.03. The molecule has 0 saturated carbocycles. The van der Waals surface area contributed by atoms with E-state index in [2.05, 4.69) is 17.4 Å². The first kappa shape index (κ1) is 16.8. The number of hydrogen-bond acceptors (Lipinski definition) is 4. The van der Waals surface area contributed by atoms with Crippen LogP contribution in [0.4, 0.5) is 5.69 Å². The number of amides is 1. The Hall–Kier alpha value is -2.24. The van der Waals surface area contributed by atoms with E-state index in [1.165, 1.54) is 6.42 Å². The number of benzene rings is 1. The fraction of sp³-hybridized carbons (Fsp3) is 0.467. The minimum absolute atomic E-state index is 0.000501. The van der Waals surface area contributed by atoms with Gasteiger partial charge in [-0.3, -0.25) is 4.79 Å². The highest BCUT2D eigenvalue weighted by Gasteiger charge is 2.03. The smallest absolute Gasteiger partial charge is 0.224 e. The Balaban J connectivity index is 2.34. The van der Waals surface area contributed by atoms with Crippen LogP contribution in [0.15, 0.2) is 29.4 Å². The number of rotatable bonds is 9. The molecule has 21 heavy (non-hydrogen) atoms. The van der Waals surface area contributed by atoms with Crippen LogP contribution in [0.2, 0.25) is 0 Å². The molecule has 0 heterocycles. The topological polar surface area (TPSA) is 96.9 Å². The molecule has 0 aliphatic rings. The summed E-state index contributed by atoms with van der Waals surface area (Å²) in [6.07, 6.45) is 4.88. The Morgan fingerprint density at radius 2 is 2.00 bits per heavy atom. The van der Waals surface area contributed by atoms with Crippen LogP contribution >= 0.6 is 0 Å². The Morgan fingerprint density at radius 1 is 1.29 bits per heavy atom. The van der Waals surface area contributed by atoms with Gasteiger partial charge >= 0.3 is 0 Å². The van der Waals surface area contributed by atoms with E-state index in [0.29, 0.717) is 12.2 Å². The Labute approximate surface area is 125 Å². The van der Waals surface area contributed by atoms with Gasteiger partial charge in [0.05, 0.1) is 0 Å². The van der Waals surface area contributed by atoms with Crippen molar-refractivity contribution >= 4 is 17.4 Å². The van der Waals surface area contributed by atoms with Gasteiger partial charge in [-0.2, -0.15) is 0 Å². The molecule has 0 aliphatic carbocycles. The van der Waals surface area contributed by atoms with Crippen molar-refractivity contribution in [3.8, 4) is 5.75 Å². The number of carbonyl (C=O) groups excluding carboxylic acids is 1. The molecule has 0 saturated heterocycles. The normalized spacial score (nSPS) is 11.2. The zero-order valence-electron chi connectivity index (χ0n) is 12.3. The maximum absolute atomic E-state index is 11.7. The van der Waals surface area contributed by atoms with E-state index in [1.54, 1.807) is 24.3 Å². The van der Waals surface area contributed by atoms with Crippen molar-refractivity contribution in [3.05, 3.63) is 24.3 Å². The second-order valence-corrected chi connectivity index (χ2v) is 4.76. The van der Waals surface area contributed by atoms with Crippen LogP contribution in [0, 0.1) is 0 Å². The van der Waals surface area contributed by atoms with Crippen LogP contribution in [0.5, 0.6) is 5.75 Å². The lowest BCUT2D eigenvalue weighted by Crippen LogP contribution is -2.20. The molecule has 0 bridgehead atoms. The van der Waals surface area contributed by atoms with E-state index >= 15 is 0 Å². The van der Waals surface area contributed by atoms with Crippen molar-refractivity contribution in [1.82, 2.24) is 0 Å².